The van der Waals surface area contributed by atoms with Crippen molar-refractivity contribution in [3.8, 4) is 0 Å². The van der Waals surface area contributed by atoms with Crippen LogP contribution in [0.1, 0.15) is 5.69 Å². The first kappa shape index (κ1) is 16.1. The third-order valence-electron chi connectivity index (χ3n) is 2.84. The lowest BCUT2D eigenvalue weighted by atomic mass is 10.3. The zero-order chi connectivity index (χ0) is 15.8. The Morgan fingerprint density at radius 2 is 2.05 bits per heavy atom. The molecule has 0 saturated heterocycles. The number of carbonyl (C=O) groups excluding carboxylic acids is 1. The van der Waals surface area contributed by atoms with Crippen LogP contribution in [0.4, 0.5) is 16.3 Å². The van der Waals surface area contributed by atoms with E-state index in [0.29, 0.717) is 18.9 Å². The van der Waals surface area contributed by atoms with Crippen LogP contribution >= 0.6 is 11.8 Å². The van der Waals surface area contributed by atoms with Crippen LogP contribution in [0.3, 0.4) is 0 Å². The number of amides is 2. The molecule has 2 aromatic rings. The van der Waals surface area contributed by atoms with E-state index in [4.69, 9.17) is 0 Å². The van der Waals surface area contributed by atoms with Crippen molar-refractivity contribution in [2.45, 2.75) is 11.8 Å². The molecular weight excluding hydrogens is 298 g/mol. The highest BCUT2D eigenvalue weighted by Gasteiger charge is 2.02. The predicted octanol–water partition coefficient (Wildman–Crippen LogP) is 2.74. The zero-order valence-corrected chi connectivity index (χ0v) is 13.4. The van der Waals surface area contributed by atoms with E-state index in [0.717, 1.165) is 16.3 Å². The van der Waals surface area contributed by atoms with Crippen molar-refractivity contribution in [2.75, 3.05) is 30.0 Å². The molecule has 22 heavy (non-hydrogen) atoms. The molecule has 0 fully saturated rings. The van der Waals surface area contributed by atoms with Crippen LogP contribution in [-0.4, -0.2) is 35.6 Å². The Bertz CT molecular complexity index is 618. The number of thioether (sulfide) groups is 1. The summed E-state index contributed by atoms with van der Waals surface area (Å²) in [6, 6.07) is 11.2. The Morgan fingerprint density at radius 1 is 1.18 bits per heavy atom. The molecule has 0 aliphatic rings. The number of anilines is 2. The third kappa shape index (κ3) is 5.25. The first-order valence-corrected chi connectivity index (χ1v) is 8.13. The number of urea groups is 1. The second-order valence-corrected chi connectivity index (χ2v) is 5.48. The predicted molar refractivity (Wildman–Crippen MR) is 90.5 cm³/mol. The fourth-order valence-electron chi connectivity index (χ4n) is 1.74. The number of rotatable bonds is 6. The second kappa shape index (κ2) is 8.23. The van der Waals surface area contributed by atoms with Crippen LogP contribution < -0.4 is 16.0 Å². The van der Waals surface area contributed by atoms with E-state index in [1.165, 1.54) is 0 Å². The molecule has 0 radical (unpaired) electrons. The van der Waals surface area contributed by atoms with Crippen LogP contribution in [0.15, 0.2) is 41.3 Å². The lowest BCUT2D eigenvalue weighted by molar-refractivity contribution is 0.252. The first-order chi connectivity index (χ1) is 10.7. The molecule has 0 aliphatic carbocycles. The topological polar surface area (TPSA) is 78.9 Å². The second-order valence-electron chi connectivity index (χ2n) is 4.60. The smallest absolute Gasteiger partial charge is 0.319 e. The Balaban J connectivity index is 1.70. The van der Waals surface area contributed by atoms with Crippen molar-refractivity contribution in [1.82, 2.24) is 15.5 Å². The van der Waals surface area contributed by atoms with Gasteiger partial charge in [0.05, 0.1) is 5.69 Å². The van der Waals surface area contributed by atoms with E-state index in [9.17, 15) is 4.79 Å². The molecule has 6 nitrogen and oxygen atoms in total. The molecule has 1 aromatic carbocycles. The molecular formula is C15H19N5OS. The largest absolute Gasteiger partial charge is 0.367 e. The van der Waals surface area contributed by atoms with Gasteiger partial charge in [-0.15, -0.1) is 16.9 Å². The van der Waals surface area contributed by atoms with Gasteiger partial charge < -0.3 is 16.0 Å². The highest BCUT2D eigenvalue weighted by Crippen LogP contribution is 2.18. The van der Waals surface area contributed by atoms with Gasteiger partial charge in [-0.3, -0.25) is 0 Å². The van der Waals surface area contributed by atoms with Crippen molar-refractivity contribution < 1.29 is 4.79 Å². The minimum absolute atomic E-state index is 0.227. The molecule has 1 heterocycles. The minimum atomic E-state index is -0.227. The molecule has 3 N–H and O–H groups in total. The molecule has 116 valence electrons. The summed E-state index contributed by atoms with van der Waals surface area (Å²) in [6.07, 6.45) is 2.00. The van der Waals surface area contributed by atoms with Gasteiger partial charge in [0.25, 0.3) is 0 Å². The van der Waals surface area contributed by atoms with Crippen LogP contribution in [0.5, 0.6) is 0 Å². The van der Waals surface area contributed by atoms with E-state index in [1.54, 1.807) is 11.8 Å². The molecule has 0 atom stereocenters. The van der Waals surface area contributed by atoms with Gasteiger partial charge in [-0.1, -0.05) is 6.07 Å². The maximum Gasteiger partial charge on any atom is 0.319 e. The highest BCUT2D eigenvalue weighted by atomic mass is 32.2. The molecule has 0 spiro atoms. The Kier molecular flexibility index (Phi) is 6.02. The molecule has 2 amide bonds. The zero-order valence-electron chi connectivity index (χ0n) is 12.6. The van der Waals surface area contributed by atoms with E-state index in [-0.39, 0.29) is 6.03 Å². The van der Waals surface area contributed by atoms with Crippen LogP contribution in [0.25, 0.3) is 0 Å². The van der Waals surface area contributed by atoms with Crippen LogP contribution in [-0.2, 0) is 0 Å². The van der Waals surface area contributed by atoms with Gasteiger partial charge in [0.2, 0.25) is 0 Å². The van der Waals surface area contributed by atoms with E-state index < -0.39 is 0 Å². The number of nitrogens with one attached hydrogen (secondary N) is 3. The lowest BCUT2D eigenvalue weighted by Gasteiger charge is -2.09. The van der Waals surface area contributed by atoms with Gasteiger partial charge in [0, 0.05) is 23.7 Å². The standard InChI is InChI=1S/C15H19N5OS/c1-11-6-7-14(20-19-11)16-8-9-17-15(21)18-12-4-3-5-13(10-12)22-2/h3-7,10H,8-9H2,1-2H3,(H,16,20)(H2,17,18,21). The van der Waals surface area contributed by atoms with Crippen molar-refractivity contribution in [3.05, 3.63) is 42.1 Å². The third-order valence-corrected chi connectivity index (χ3v) is 3.57. The van der Waals surface area contributed by atoms with Crippen molar-refractivity contribution in [2.24, 2.45) is 0 Å². The maximum absolute atomic E-state index is 11.8. The monoisotopic (exact) mass is 317 g/mol. The van der Waals surface area contributed by atoms with E-state index in [2.05, 4.69) is 26.1 Å². The van der Waals surface area contributed by atoms with Crippen molar-refractivity contribution in [1.29, 1.82) is 0 Å². The van der Waals surface area contributed by atoms with Crippen LogP contribution in [0.2, 0.25) is 0 Å². The fraction of sp³-hybridized carbons (Fsp3) is 0.267. The summed E-state index contributed by atoms with van der Waals surface area (Å²) >= 11 is 1.64. The summed E-state index contributed by atoms with van der Waals surface area (Å²) in [7, 11) is 0. The molecule has 0 saturated carbocycles. The average Bonchev–Trinajstić information content (AvgIpc) is 2.53. The van der Waals surface area contributed by atoms with Gasteiger partial charge in [-0.25, -0.2) is 4.79 Å². The average molecular weight is 317 g/mol. The molecule has 7 heteroatoms. The molecule has 2 rings (SSSR count). The maximum atomic E-state index is 11.8. The number of benzene rings is 1. The lowest BCUT2D eigenvalue weighted by Crippen LogP contribution is -2.32. The number of aryl methyl sites for hydroxylation is 1. The highest BCUT2D eigenvalue weighted by molar-refractivity contribution is 7.98. The number of carbonyl (C=O) groups is 1. The van der Waals surface area contributed by atoms with E-state index >= 15 is 0 Å². The molecule has 0 unspecified atom stereocenters. The van der Waals surface area contributed by atoms with Crippen molar-refractivity contribution in [3.63, 3.8) is 0 Å². The van der Waals surface area contributed by atoms with Gasteiger partial charge >= 0.3 is 6.03 Å². The van der Waals surface area contributed by atoms with Gasteiger partial charge in [0.1, 0.15) is 5.82 Å². The summed E-state index contributed by atoms with van der Waals surface area (Å²) in [5.41, 5.74) is 1.65. The summed E-state index contributed by atoms with van der Waals surface area (Å²) in [4.78, 5) is 12.9. The minimum Gasteiger partial charge on any atom is -0.367 e. The molecule has 0 aliphatic heterocycles. The summed E-state index contributed by atoms with van der Waals surface area (Å²) < 4.78 is 0. The number of hydrogen-bond acceptors (Lipinski definition) is 5. The number of nitrogens with zero attached hydrogens (tertiary/aromatic N) is 2. The Labute approximate surface area is 134 Å². The Morgan fingerprint density at radius 3 is 2.77 bits per heavy atom. The van der Waals surface area contributed by atoms with Crippen molar-refractivity contribution >= 4 is 29.3 Å². The van der Waals surface area contributed by atoms with Crippen LogP contribution in [0, 0.1) is 6.92 Å². The van der Waals surface area contributed by atoms with Gasteiger partial charge in [-0.05, 0) is 43.5 Å². The van der Waals surface area contributed by atoms with E-state index in [1.807, 2.05) is 49.6 Å². The quantitative estimate of drug-likeness (QED) is 0.564. The number of aromatic nitrogens is 2. The Hall–Kier alpha value is -2.28. The fourth-order valence-corrected chi connectivity index (χ4v) is 2.20. The van der Waals surface area contributed by atoms with Gasteiger partial charge in [0.15, 0.2) is 0 Å². The normalized spacial score (nSPS) is 10.1. The first-order valence-electron chi connectivity index (χ1n) is 6.90. The summed E-state index contributed by atoms with van der Waals surface area (Å²) in [5.74, 6) is 0.695. The SMILES string of the molecule is CSc1cccc(NC(=O)NCCNc2ccc(C)nn2)c1. The molecule has 1 aromatic heterocycles. The number of hydrogen-bond donors (Lipinski definition) is 3. The summed E-state index contributed by atoms with van der Waals surface area (Å²) in [6.45, 7) is 2.95. The summed E-state index contributed by atoms with van der Waals surface area (Å²) in [5, 5.41) is 16.6. The van der Waals surface area contributed by atoms with Gasteiger partial charge in [-0.2, -0.15) is 5.10 Å². The molecule has 0 bridgehead atoms.